The molecule has 1 aromatic heterocycles. The molecule has 0 aromatic carbocycles. The molecular weight excluding hydrogens is 215 g/mol. The molecule has 1 heterocycles. The normalized spacial score (nSPS) is 10.1. The number of rotatable bonds is 5. The topological polar surface area (TPSA) is 41.1 Å². The van der Waals surface area contributed by atoms with Crippen LogP contribution < -0.4 is 10.2 Å². The molecule has 0 atom stereocenters. The molecule has 1 rings (SSSR count). The summed E-state index contributed by atoms with van der Waals surface area (Å²) in [6.07, 6.45) is 3.20. The van der Waals surface area contributed by atoms with E-state index < -0.39 is 5.82 Å². The van der Waals surface area contributed by atoms with Crippen LogP contribution in [-0.4, -0.2) is 42.6 Å². The summed E-state index contributed by atoms with van der Waals surface area (Å²) in [5, 5.41) is 2.78. The third kappa shape index (κ3) is 3.23. The van der Waals surface area contributed by atoms with E-state index in [2.05, 4.69) is 15.3 Å². The summed E-state index contributed by atoms with van der Waals surface area (Å²) in [6.45, 7) is 0.762. The van der Waals surface area contributed by atoms with Crippen LogP contribution in [0.1, 0.15) is 0 Å². The highest BCUT2D eigenvalue weighted by atomic mass is 32.2. The first-order valence-electron chi connectivity index (χ1n) is 4.59. The van der Waals surface area contributed by atoms with Crippen LogP contribution in [0, 0.1) is 5.82 Å². The number of thioether (sulfide) groups is 1. The van der Waals surface area contributed by atoms with Gasteiger partial charge < -0.3 is 10.2 Å². The Morgan fingerprint density at radius 1 is 1.60 bits per heavy atom. The number of nitrogens with one attached hydrogen (secondary N) is 1. The molecule has 0 unspecified atom stereocenters. The van der Waals surface area contributed by atoms with Crippen molar-refractivity contribution in [2.75, 3.05) is 42.9 Å². The first-order valence-corrected chi connectivity index (χ1v) is 5.98. The highest BCUT2D eigenvalue weighted by molar-refractivity contribution is 7.98. The molecule has 0 amide bonds. The lowest BCUT2D eigenvalue weighted by Gasteiger charge is -2.18. The van der Waals surface area contributed by atoms with Crippen molar-refractivity contribution in [1.82, 2.24) is 9.97 Å². The zero-order chi connectivity index (χ0) is 11.3. The maximum atomic E-state index is 13.4. The van der Waals surface area contributed by atoms with E-state index in [1.54, 1.807) is 23.7 Å². The first-order chi connectivity index (χ1) is 7.19. The molecule has 0 spiro atoms. The summed E-state index contributed by atoms with van der Waals surface area (Å²) in [4.78, 5) is 9.64. The maximum Gasteiger partial charge on any atom is 0.224 e. The molecule has 1 aromatic rings. The lowest BCUT2D eigenvalue weighted by molar-refractivity contribution is 0.609. The molecule has 0 radical (unpaired) electrons. The van der Waals surface area contributed by atoms with E-state index in [1.165, 1.54) is 6.20 Å². The Balaban J connectivity index is 2.81. The van der Waals surface area contributed by atoms with Gasteiger partial charge in [-0.3, -0.25) is 0 Å². The van der Waals surface area contributed by atoms with Gasteiger partial charge in [-0.1, -0.05) is 0 Å². The van der Waals surface area contributed by atoms with E-state index in [4.69, 9.17) is 0 Å². The molecule has 0 saturated heterocycles. The van der Waals surface area contributed by atoms with Crippen LogP contribution in [-0.2, 0) is 0 Å². The highest BCUT2D eigenvalue weighted by Gasteiger charge is 2.10. The quantitative estimate of drug-likeness (QED) is 0.829. The average Bonchev–Trinajstić information content (AvgIpc) is 2.26. The molecule has 0 fully saturated rings. The predicted molar refractivity (Wildman–Crippen MR) is 63.2 cm³/mol. The number of halogens is 1. The van der Waals surface area contributed by atoms with E-state index in [1.807, 2.05) is 13.3 Å². The minimum absolute atomic E-state index is 0.336. The second-order valence-corrected chi connectivity index (χ2v) is 4.02. The monoisotopic (exact) mass is 230 g/mol. The van der Waals surface area contributed by atoms with Gasteiger partial charge in [0, 0.05) is 26.4 Å². The van der Waals surface area contributed by atoms with E-state index in [0.717, 1.165) is 12.3 Å². The van der Waals surface area contributed by atoms with Crippen molar-refractivity contribution in [3.05, 3.63) is 12.0 Å². The fourth-order valence-electron chi connectivity index (χ4n) is 1.08. The molecule has 1 N–H and O–H groups in total. The van der Waals surface area contributed by atoms with Crippen molar-refractivity contribution in [3.63, 3.8) is 0 Å². The maximum absolute atomic E-state index is 13.4. The summed E-state index contributed by atoms with van der Waals surface area (Å²) < 4.78 is 13.4. The van der Waals surface area contributed by atoms with Gasteiger partial charge in [-0.25, -0.2) is 9.37 Å². The van der Waals surface area contributed by atoms with Crippen LogP contribution in [0.15, 0.2) is 6.20 Å². The van der Waals surface area contributed by atoms with Crippen LogP contribution in [0.25, 0.3) is 0 Å². The molecular formula is C9H15FN4S. The molecule has 0 aliphatic carbocycles. The molecule has 0 saturated carbocycles. The van der Waals surface area contributed by atoms with E-state index in [0.29, 0.717) is 11.8 Å². The number of anilines is 2. The predicted octanol–water partition coefficient (Wildman–Crippen LogP) is 1.46. The van der Waals surface area contributed by atoms with Crippen molar-refractivity contribution in [3.8, 4) is 0 Å². The lowest BCUT2D eigenvalue weighted by Crippen LogP contribution is -2.23. The van der Waals surface area contributed by atoms with Crippen LogP contribution >= 0.6 is 11.8 Å². The van der Waals surface area contributed by atoms with E-state index in [9.17, 15) is 4.39 Å². The summed E-state index contributed by atoms with van der Waals surface area (Å²) >= 11 is 1.72. The Bertz CT molecular complexity index is 321. The van der Waals surface area contributed by atoms with Crippen molar-refractivity contribution in [2.24, 2.45) is 0 Å². The minimum atomic E-state index is -0.391. The smallest absolute Gasteiger partial charge is 0.224 e. The molecule has 4 nitrogen and oxygen atoms in total. The Morgan fingerprint density at radius 2 is 2.33 bits per heavy atom. The second-order valence-electron chi connectivity index (χ2n) is 3.03. The van der Waals surface area contributed by atoms with Crippen LogP contribution in [0.5, 0.6) is 0 Å². The summed E-state index contributed by atoms with van der Waals surface area (Å²) in [6, 6.07) is 0. The number of aromatic nitrogens is 2. The lowest BCUT2D eigenvalue weighted by atomic mass is 10.5. The third-order valence-electron chi connectivity index (χ3n) is 1.94. The number of hydrogen-bond acceptors (Lipinski definition) is 5. The second kappa shape index (κ2) is 5.75. The fourth-order valence-corrected chi connectivity index (χ4v) is 1.54. The SMILES string of the molecule is CNc1ncc(F)c(N(C)CCSC)n1. The largest absolute Gasteiger partial charge is 0.357 e. The van der Waals surface area contributed by atoms with Crippen LogP contribution in [0.4, 0.5) is 16.2 Å². The van der Waals surface area contributed by atoms with Gasteiger partial charge in [0.15, 0.2) is 11.6 Å². The Kier molecular flexibility index (Phi) is 4.61. The Hall–Kier alpha value is -1.04. The molecule has 6 heteroatoms. The average molecular weight is 230 g/mol. The first kappa shape index (κ1) is 12.0. The van der Waals surface area contributed by atoms with Crippen molar-refractivity contribution in [2.45, 2.75) is 0 Å². The zero-order valence-electron chi connectivity index (χ0n) is 9.12. The summed E-state index contributed by atoms with van der Waals surface area (Å²) in [5.74, 6) is 1.32. The highest BCUT2D eigenvalue weighted by Crippen LogP contribution is 2.15. The fraction of sp³-hybridized carbons (Fsp3) is 0.556. The van der Waals surface area contributed by atoms with Gasteiger partial charge in [0.2, 0.25) is 5.95 Å². The van der Waals surface area contributed by atoms with Crippen molar-refractivity contribution < 1.29 is 4.39 Å². The van der Waals surface area contributed by atoms with Gasteiger partial charge in [-0.15, -0.1) is 0 Å². The molecule has 0 bridgehead atoms. The third-order valence-corrected chi connectivity index (χ3v) is 2.53. The zero-order valence-corrected chi connectivity index (χ0v) is 9.94. The van der Waals surface area contributed by atoms with Gasteiger partial charge in [-0.2, -0.15) is 16.7 Å². The van der Waals surface area contributed by atoms with E-state index >= 15 is 0 Å². The molecule has 0 aliphatic heterocycles. The van der Waals surface area contributed by atoms with Gasteiger partial charge in [0.25, 0.3) is 0 Å². The van der Waals surface area contributed by atoms with E-state index in [-0.39, 0.29) is 0 Å². The number of nitrogens with zero attached hydrogens (tertiary/aromatic N) is 3. The van der Waals surface area contributed by atoms with Gasteiger partial charge in [-0.05, 0) is 6.26 Å². The molecule has 0 aliphatic rings. The van der Waals surface area contributed by atoms with Crippen LogP contribution in [0.3, 0.4) is 0 Å². The van der Waals surface area contributed by atoms with Crippen molar-refractivity contribution >= 4 is 23.5 Å². The Morgan fingerprint density at radius 3 is 2.93 bits per heavy atom. The van der Waals surface area contributed by atoms with Gasteiger partial charge in [0.1, 0.15) is 0 Å². The summed E-state index contributed by atoms with van der Waals surface area (Å²) in [5.41, 5.74) is 0. The Labute approximate surface area is 93.3 Å². The van der Waals surface area contributed by atoms with Gasteiger partial charge >= 0.3 is 0 Å². The molecule has 15 heavy (non-hydrogen) atoms. The summed E-state index contributed by atoms with van der Waals surface area (Å²) in [7, 11) is 3.53. The standard InChI is InChI=1S/C9H15FN4S/c1-11-9-12-6-7(10)8(13-9)14(2)4-5-15-3/h6H,4-5H2,1-3H3,(H,11,12,13). The minimum Gasteiger partial charge on any atom is -0.357 e. The van der Waals surface area contributed by atoms with Gasteiger partial charge in [0.05, 0.1) is 6.20 Å². The molecule has 84 valence electrons. The van der Waals surface area contributed by atoms with Crippen molar-refractivity contribution in [1.29, 1.82) is 0 Å². The van der Waals surface area contributed by atoms with Crippen LogP contribution in [0.2, 0.25) is 0 Å². The number of hydrogen-bond donors (Lipinski definition) is 1.